The minimum absolute atomic E-state index is 0.372. The Bertz CT molecular complexity index is 4780. The molecule has 2 aliphatic heterocycles. The monoisotopic (exact) mass is 1020 g/mol. The molecule has 6 heteroatoms. The van der Waals surface area contributed by atoms with E-state index in [4.69, 9.17) is 0 Å². The lowest BCUT2D eigenvalue weighted by Crippen LogP contribution is -2.31. The van der Waals surface area contributed by atoms with Crippen LogP contribution in [0.2, 0.25) is 0 Å². The third-order valence-corrected chi connectivity index (χ3v) is 17.8. The SMILES string of the molecule is CC1(C)c2ccccc2N(c2cc3c4ccc(C#N)cc4c(N4c5ccccc5C(C)(C)c5cc6c7ccccc7n(-c7ccccc7)c6cc54)cc3c3ccc(C#N)cc23)c2cc3c(cc21)c1ccccc1n3-c1ccccc1. The molecule has 0 amide bonds. The standard InChI is InChI=1S/C74H50N6/c1-73(2)59-25-13-17-29-65(59)79(71-41-69-57(37-61(71)73)51-23-11-15-27-63(51)77(69)47-19-7-5-8-20-47)67-39-53-50-34-32-46(44-76)36-56(50)68(40-54(53)49-33-31-45(43-75)35-55(49)67)80-66-30-18-14-26-60(66)74(3,4)62-38-58-52-24-12-16-28-64(52)78(70(58)42-72(62)80)48-21-9-6-10-22-48/h5-42H,1-4H3. The van der Waals surface area contributed by atoms with Gasteiger partial charge in [-0.2, -0.15) is 10.5 Å². The number of para-hydroxylation sites is 6. The topological polar surface area (TPSA) is 63.9 Å². The van der Waals surface area contributed by atoms with Gasteiger partial charge in [-0.05, 0) is 153 Å². The molecule has 12 aromatic carbocycles. The maximum Gasteiger partial charge on any atom is 0.0991 e. The van der Waals surface area contributed by atoms with Crippen molar-refractivity contribution in [2.24, 2.45) is 0 Å². The molecule has 0 spiro atoms. The van der Waals surface area contributed by atoms with Crippen molar-refractivity contribution in [3.63, 3.8) is 0 Å². The summed E-state index contributed by atoms with van der Waals surface area (Å²) >= 11 is 0. The first kappa shape index (κ1) is 45.8. The van der Waals surface area contributed by atoms with Gasteiger partial charge in [0.05, 0.1) is 79.5 Å². The van der Waals surface area contributed by atoms with Gasteiger partial charge in [0.2, 0.25) is 0 Å². The van der Waals surface area contributed by atoms with Crippen LogP contribution in [0.25, 0.3) is 87.3 Å². The van der Waals surface area contributed by atoms with Crippen LogP contribution in [0.3, 0.4) is 0 Å². The second-order valence-corrected chi connectivity index (χ2v) is 22.7. The van der Waals surface area contributed by atoms with Crippen LogP contribution < -0.4 is 9.80 Å². The molecule has 2 aliphatic rings. The fraction of sp³-hybridized carbons (Fsp3) is 0.0811. The van der Waals surface area contributed by atoms with Crippen molar-refractivity contribution in [3.05, 3.63) is 264 Å². The highest BCUT2D eigenvalue weighted by atomic mass is 15.2. The zero-order valence-corrected chi connectivity index (χ0v) is 44.6. The summed E-state index contributed by atoms with van der Waals surface area (Å²) in [5, 5.41) is 32.4. The number of nitriles is 2. The minimum Gasteiger partial charge on any atom is -0.309 e. The molecular weight excluding hydrogens is 973 g/mol. The quantitative estimate of drug-likeness (QED) is 0.165. The molecule has 0 fully saturated rings. The number of fused-ring (bicyclic) bond motifs is 15. The summed E-state index contributed by atoms with van der Waals surface area (Å²) in [5.74, 6) is 0. The predicted molar refractivity (Wildman–Crippen MR) is 331 cm³/mol. The second kappa shape index (κ2) is 16.6. The number of rotatable bonds is 4. The molecule has 6 nitrogen and oxygen atoms in total. The molecule has 0 atom stereocenters. The van der Waals surface area contributed by atoms with Gasteiger partial charge in [0.15, 0.2) is 0 Å². The van der Waals surface area contributed by atoms with Crippen LogP contribution in [0.1, 0.15) is 61.1 Å². The van der Waals surface area contributed by atoms with E-state index in [9.17, 15) is 10.5 Å². The number of aromatic nitrogens is 2. The Kier molecular flexibility index (Phi) is 9.47. The van der Waals surface area contributed by atoms with Gasteiger partial charge in [-0.1, -0.05) is 149 Å². The number of hydrogen-bond donors (Lipinski definition) is 0. The third-order valence-electron chi connectivity index (χ3n) is 17.8. The number of nitrogens with zero attached hydrogens (tertiary/aromatic N) is 6. The van der Waals surface area contributed by atoms with Crippen LogP contribution in [0.5, 0.6) is 0 Å². The van der Waals surface area contributed by atoms with Gasteiger partial charge in [-0.15, -0.1) is 0 Å². The van der Waals surface area contributed by atoms with E-state index in [2.05, 4.69) is 277 Å². The first-order valence-electron chi connectivity index (χ1n) is 27.5. The summed E-state index contributed by atoms with van der Waals surface area (Å²) in [7, 11) is 0. The minimum atomic E-state index is -0.372. The van der Waals surface area contributed by atoms with E-state index in [0.29, 0.717) is 11.1 Å². The van der Waals surface area contributed by atoms with Crippen LogP contribution in [0.15, 0.2) is 231 Å². The molecule has 14 aromatic rings. The Hall–Kier alpha value is -10.4. The van der Waals surface area contributed by atoms with E-state index in [-0.39, 0.29) is 10.8 Å². The molecule has 16 rings (SSSR count). The molecule has 0 saturated heterocycles. The molecule has 0 bridgehead atoms. The lowest BCUT2D eigenvalue weighted by Gasteiger charge is -2.43. The third kappa shape index (κ3) is 6.22. The van der Waals surface area contributed by atoms with Gasteiger partial charge < -0.3 is 18.9 Å². The van der Waals surface area contributed by atoms with Gasteiger partial charge >= 0.3 is 0 Å². The zero-order chi connectivity index (χ0) is 53.8. The predicted octanol–water partition coefficient (Wildman–Crippen LogP) is 19.3. The van der Waals surface area contributed by atoms with E-state index in [0.717, 1.165) is 99.9 Å². The van der Waals surface area contributed by atoms with Crippen molar-refractivity contribution < 1.29 is 0 Å². The van der Waals surface area contributed by atoms with Crippen molar-refractivity contribution in [1.29, 1.82) is 10.5 Å². The van der Waals surface area contributed by atoms with Crippen LogP contribution in [0.4, 0.5) is 34.1 Å². The molecule has 4 heterocycles. The molecule has 0 radical (unpaired) electrons. The molecule has 0 N–H and O–H groups in total. The van der Waals surface area contributed by atoms with E-state index < -0.39 is 0 Å². The Morgan fingerprint density at radius 1 is 0.275 bits per heavy atom. The molecule has 2 aromatic heterocycles. The average Bonchev–Trinajstić information content (AvgIpc) is 3.82. The number of anilines is 6. The van der Waals surface area contributed by atoms with Crippen molar-refractivity contribution in [3.8, 4) is 23.5 Å². The van der Waals surface area contributed by atoms with Crippen molar-refractivity contribution in [2.45, 2.75) is 38.5 Å². The lowest BCUT2D eigenvalue weighted by molar-refractivity contribution is 0.633. The summed E-state index contributed by atoms with van der Waals surface area (Å²) in [6.07, 6.45) is 0. The summed E-state index contributed by atoms with van der Waals surface area (Å²) in [6.45, 7) is 9.40. The average molecular weight is 1020 g/mol. The van der Waals surface area contributed by atoms with Gasteiger partial charge in [-0.3, -0.25) is 0 Å². The number of benzene rings is 12. The molecule has 0 saturated carbocycles. The molecule has 0 unspecified atom stereocenters. The number of hydrogen-bond acceptors (Lipinski definition) is 4. The molecular formula is C74H50N6. The Balaban J connectivity index is 1.02. The molecule has 0 aliphatic carbocycles. The molecule has 376 valence electrons. The highest BCUT2D eigenvalue weighted by Gasteiger charge is 2.41. The van der Waals surface area contributed by atoms with E-state index in [1.165, 1.54) is 43.8 Å². The molecule has 80 heavy (non-hydrogen) atoms. The summed E-state index contributed by atoms with van der Waals surface area (Å²) < 4.78 is 4.80. The van der Waals surface area contributed by atoms with Crippen LogP contribution in [-0.2, 0) is 10.8 Å². The normalized spacial score (nSPS) is 14.1. The Labute approximate surface area is 463 Å². The second-order valence-electron chi connectivity index (χ2n) is 22.7. The fourth-order valence-corrected chi connectivity index (χ4v) is 14.1. The van der Waals surface area contributed by atoms with Crippen molar-refractivity contribution >= 4 is 110 Å². The highest BCUT2D eigenvalue weighted by Crippen LogP contribution is 2.58. The summed E-state index contributed by atoms with van der Waals surface area (Å²) in [5.41, 5.74) is 18.3. The summed E-state index contributed by atoms with van der Waals surface area (Å²) in [4.78, 5) is 4.93. The maximum atomic E-state index is 10.8. The van der Waals surface area contributed by atoms with Gasteiger partial charge in [0.25, 0.3) is 0 Å². The van der Waals surface area contributed by atoms with Crippen molar-refractivity contribution in [2.75, 3.05) is 9.80 Å². The maximum absolute atomic E-state index is 10.8. The Morgan fingerprint density at radius 2 is 0.662 bits per heavy atom. The van der Waals surface area contributed by atoms with Crippen LogP contribution >= 0.6 is 0 Å². The van der Waals surface area contributed by atoms with Gasteiger partial charge in [0.1, 0.15) is 0 Å². The van der Waals surface area contributed by atoms with Crippen molar-refractivity contribution in [1.82, 2.24) is 9.13 Å². The Morgan fingerprint density at radius 3 is 1.09 bits per heavy atom. The van der Waals surface area contributed by atoms with E-state index in [1.807, 2.05) is 12.1 Å². The first-order valence-corrected chi connectivity index (χ1v) is 27.5. The summed E-state index contributed by atoms with van der Waals surface area (Å²) in [6, 6.07) is 88.3. The zero-order valence-electron chi connectivity index (χ0n) is 44.6. The smallest absolute Gasteiger partial charge is 0.0991 e. The largest absolute Gasteiger partial charge is 0.309 e. The highest BCUT2D eigenvalue weighted by molar-refractivity contribution is 6.26. The van der Waals surface area contributed by atoms with Gasteiger partial charge in [-0.25, -0.2) is 0 Å². The fourth-order valence-electron chi connectivity index (χ4n) is 14.1. The van der Waals surface area contributed by atoms with Crippen LogP contribution in [-0.4, -0.2) is 9.13 Å². The van der Waals surface area contributed by atoms with E-state index >= 15 is 0 Å². The van der Waals surface area contributed by atoms with E-state index in [1.54, 1.807) is 0 Å². The van der Waals surface area contributed by atoms with Crippen LogP contribution in [0, 0.1) is 22.7 Å². The van der Waals surface area contributed by atoms with Gasteiger partial charge in [0, 0.05) is 54.5 Å². The lowest BCUT2D eigenvalue weighted by atomic mass is 9.73. The first-order chi connectivity index (χ1) is 39.1.